The number of hydrogen-bond donors (Lipinski definition) is 1. The summed E-state index contributed by atoms with van der Waals surface area (Å²) >= 11 is 0. The van der Waals surface area contributed by atoms with E-state index in [0.29, 0.717) is 6.42 Å². The monoisotopic (exact) mass is 415 g/mol. The van der Waals surface area contributed by atoms with E-state index in [1.165, 1.54) is 22.3 Å². The number of carbonyl (C=O) groups excluding carboxylic acids is 2. The number of benzene rings is 1. The van der Waals surface area contributed by atoms with Crippen molar-refractivity contribution in [2.45, 2.75) is 70.7 Å². The van der Waals surface area contributed by atoms with Crippen molar-refractivity contribution in [1.29, 1.82) is 0 Å². The van der Waals surface area contributed by atoms with Crippen molar-refractivity contribution in [1.82, 2.24) is 20.2 Å². The summed E-state index contributed by atoms with van der Waals surface area (Å²) in [7, 11) is 0. The quantitative estimate of drug-likeness (QED) is 0.804. The molecule has 0 aliphatic heterocycles. The SMILES string of the molecule is CC(C)(C)OC(=O)N(C1CCCCC1NC(=O)OCc1ccccc1)n1cnnc1. The maximum absolute atomic E-state index is 13.0. The second-order valence-corrected chi connectivity index (χ2v) is 8.33. The predicted molar refractivity (Wildman–Crippen MR) is 110 cm³/mol. The number of carbonyl (C=O) groups is 2. The molecule has 162 valence electrons. The van der Waals surface area contributed by atoms with E-state index in [1.54, 1.807) is 0 Å². The fourth-order valence-electron chi connectivity index (χ4n) is 3.50. The Morgan fingerprint density at radius 3 is 2.47 bits per heavy atom. The third-order valence-electron chi connectivity index (χ3n) is 4.80. The zero-order chi connectivity index (χ0) is 21.6. The van der Waals surface area contributed by atoms with Crippen LogP contribution in [0, 0.1) is 0 Å². The van der Waals surface area contributed by atoms with Gasteiger partial charge in [-0.1, -0.05) is 43.2 Å². The fraction of sp³-hybridized carbons (Fsp3) is 0.524. The summed E-state index contributed by atoms with van der Waals surface area (Å²) in [6.07, 6.45) is 5.19. The summed E-state index contributed by atoms with van der Waals surface area (Å²) < 4.78 is 12.5. The van der Waals surface area contributed by atoms with Crippen LogP contribution in [0.2, 0.25) is 0 Å². The molecule has 30 heavy (non-hydrogen) atoms. The van der Waals surface area contributed by atoms with Gasteiger partial charge in [0.05, 0.1) is 12.1 Å². The van der Waals surface area contributed by atoms with Crippen LogP contribution in [0.15, 0.2) is 43.0 Å². The molecule has 1 aliphatic carbocycles. The van der Waals surface area contributed by atoms with Gasteiger partial charge in [-0.05, 0) is 39.2 Å². The average Bonchev–Trinajstić information content (AvgIpc) is 3.21. The van der Waals surface area contributed by atoms with E-state index >= 15 is 0 Å². The van der Waals surface area contributed by atoms with Crippen LogP contribution >= 0.6 is 0 Å². The van der Waals surface area contributed by atoms with Crippen LogP contribution in [0.1, 0.15) is 52.0 Å². The molecule has 0 radical (unpaired) electrons. The Kier molecular flexibility index (Phi) is 6.91. The molecule has 9 heteroatoms. The number of aromatic nitrogens is 3. The summed E-state index contributed by atoms with van der Waals surface area (Å²) in [4.78, 5) is 25.4. The molecule has 2 aromatic rings. The largest absolute Gasteiger partial charge is 0.445 e. The molecule has 1 aliphatic rings. The second-order valence-electron chi connectivity index (χ2n) is 8.33. The van der Waals surface area contributed by atoms with Gasteiger partial charge < -0.3 is 14.8 Å². The zero-order valence-electron chi connectivity index (χ0n) is 17.7. The Morgan fingerprint density at radius 1 is 1.13 bits per heavy atom. The normalized spacial score (nSPS) is 19.0. The van der Waals surface area contributed by atoms with E-state index in [1.807, 2.05) is 51.1 Å². The number of hydrogen-bond acceptors (Lipinski definition) is 6. The number of nitrogens with zero attached hydrogens (tertiary/aromatic N) is 4. The molecule has 1 N–H and O–H groups in total. The van der Waals surface area contributed by atoms with Crippen LogP contribution in [-0.4, -0.2) is 44.7 Å². The molecule has 2 unspecified atom stereocenters. The number of rotatable bonds is 5. The summed E-state index contributed by atoms with van der Waals surface area (Å²) in [5.41, 5.74) is 0.253. The van der Waals surface area contributed by atoms with Crippen LogP contribution in [-0.2, 0) is 16.1 Å². The molecule has 1 saturated carbocycles. The highest BCUT2D eigenvalue weighted by Crippen LogP contribution is 2.24. The topological polar surface area (TPSA) is 98.6 Å². The highest BCUT2D eigenvalue weighted by atomic mass is 16.6. The molecule has 1 aromatic carbocycles. The van der Waals surface area contributed by atoms with Gasteiger partial charge in [0.1, 0.15) is 24.9 Å². The number of nitrogens with one attached hydrogen (secondary N) is 1. The lowest BCUT2D eigenvalue weighted by molar-refractivity contribution is 0.0489. The van der Waals surface area contributed by atoms with Gasteiger partial charge >= 0.3 is 12.2 Å². The van der Waals surface area contributed by atoms with E-state index in [0.717, 1.165) is 24.8 Å². The smallest absolute Gasteiger partial charge is 0.430 e. The Bertz CT molecular complexity index is 820. The Morgan fingerprint density at radius 2 is 1.80 bits per heavy atom. The van der Waals surface area contributed by atoms with Crippen LogP contribution in [0.4, 0.5) is 9.59 Å². The van der Waals surface area contributed by atoms with E-state index in [4.69, 9.17) is 9.47 Å². The average molecular weight is 415 g/mol. The fourth-order valence-corrected chi connectivity index (χ4v) is 3.50. The molecular weight excluding hydrogens is 386 g/mol. The molecule has 0 saturated heterocycles. The van der Waals surface area contributed by atoms with Crippen LogP contribution in [0.3, 0.4) is 0 Å². The molecule has 1 aromatic heterocycles. The van der Waals surface area contributed by atoms with Gasteiger partial charge in [-0.25, -0.2) is 19.3 Å². The molecule has 3 rings (SSSR count). The van der Waals surface area contributed by atoms with Gasteiger partial charge in [-0.15, -0.1) is 10.2 Å². The van der Waals surface area contributed by atoms with Crippen LogP contribution in [0.5, 0.6) is 0 Å². The minimum absolute atomic E-state index is 0.186. The Balaban J connectivity index is 1.71. The summed E-state index contributed by atoms with van der Waals surface area (Å²) in [5, 5.41) is 12.0. The standard InChI is InChI=1S/C21H29N5O4/c1-21(2,3)30-20(28)26(25-14-22-23-15-25)18-12-8-7-11-17(18)24-19(27)29-13-16-9-5-4-6-10-16/h4-6,9-10,14-15,17-18H,7-8,11-13H2,1-3H3,(H,24,27). The third kappa shape index (κ3) is 5.95. The van der Waals surface area contributed by atoms with Crippen molar-refractivity contribution < 1.29 is 19.1 Å². The minimum atomic E-state index is -0.657. The maximum atomic E-state index is 13.0. The first kappa shape index (κ1) is 21.6. The van der Waals surface area contributed by atoms with E-state index < -0.39 is 17.8 Å². The first-order chi connectivity index (χ1) is 14.3. The van der Waals surface area contributed by atoms with E-state index in [-0.39, 0.29) is 18.7 Å². The lowest BCUT2D eigenvalue weighted by Crippen LogP contribution is -2.59. The van der Waals surface area contributed by atoms with Gasteiger partial charge in [0, 0.05) is 0 Å². The van der Waals surface area contributed by atoms with Crippen molar-refractivity contribution in [3.05, 3.63) is 48.5 Å². The maximum Gasteiger partial charge on any atom is 0.430 e. The van der Waals surface area contributed by atoms with Crippen LogP contribution in [0.25, 0.3) is 0 Å². The van der Waals surface area contributed by atoms with Crippen LogP contribution < -0.4 is 10.3 Å². The molecule has 9 nitrogen and oxygen atoms in total. The lowest BCUT2D eigenvalue weighted by Gasteiger charge is -2.39. The van der Waals surface area contributed by atoms with Gasteiger partial charge in [0.2, 0.25) is 0 Å². The van der Waals surface area contributed by atoms with Gasteiger partial charge in [-0.2, -0.15) is 0 Å². The Labute approximate surface area is 176 Å². The molecule has 2 atom stereocenters. The number of alkyl carbamates (subject to hydrolysis) is 1. The van der Waals surface area contributed by atoms with Crippen molar-refractivity contribution in [2.75, 3.05) is 5.01 Å². The van der Waals surface area contributed by atoms with Gasteiger partial charge in [-0.3, -0.25) is 0 Å². The zero-order valence-corrected chi connectivity index (χ0v) is 17.7. The molecule has 0 spiro atoms. The van der Waals surface area contributed by atoms with Gasteiger partial charge in [0.25, 0.3) is 0 Å². The lowest BCUT2D eigenvalue weighted by atomic mass is 9.90. The van der Waals surface area contributed by atoms with Gasteiger partial charge in [0.15, 0.2) is 0 Å². The highest BCUT2D eigenvalue weighted by Gasteiger charge is 2.37. The summed E-state index contributed by atoms with van der Waals surface area (Å²) in [6, 6.07) is 8.90. The van der Waals surface area contributed by atoms with Crippen molar-refractivity contribution in [3.8, 4) is 0 Å². The minimum Gasteiger partial charge on any atom is -0.445 e. The highest BCUT2D eigenvalue weighted by molar-refractivity contribution is 5.80. The second kappa shape index (κ2) is 9.60. The molecule has 1 heterocycles. The Hall–Kier alpha value is -3.10. The molecule has 0 bridgehead atoms. The molecule has 2 amide bonds. The molecule has 1 fully saturated rings. The predicted octanol–water partition coefficient (Wildman–Crippen LogP) is 3.39. The van der Waals surface area contributed by atoms with E-state index in [2.05, 4.69) is 15.5 Å². The number of ether oxygens (including phenoxy) is 2. The molecular formula is C21H29N5O4. The van der Waals surface area contributed by atoms with Crippen molar-refractivity contribution >= 4 is 12.2 Å². The van der Waals surface area contributed by atoms with E-state index in [9.17, 15) is 9.59 Å². The van der Waals surface area contributed by atoms with Crippen molar-refractivity contribution in [2.24, 2.45) is 0 Å². The first-order valence-electron chi connectivity index (χ1n) is 10.2. The summed E-state index contributed by atoms with van der Waals surface area (Å²) in [5.74, 6) is 0. The van der Waals surface area contributed by atoms with Crippen molar-refractivity contribution in [3.63, 3.8) is 0 Å². The third-order valence-corrected chi connectivity index (χ3v) is 4.80. The first-order valence-corrected chi connectivity index (χ1v) is 10.2. The summed E-state index contributed by atoms with van der Waals surface area (Å²) in [6.45, 7) is 5.62. The number of amides is 2.